The maximum atomic E-state index is 12.5. The molecule has 122 valence electrons. The lowest BCUT2D eigenvalue weighted by atomic mass is 9.80. The predicted molar refractivity (Wildman–Crippen MR) is 88.1 cm³/mol. The standard InChI is InChI=1S/C17H24ClNO3/c1-5-17(6-2,15(21)22)11-19-14(20)16(3,4)12-8-7-9-13(18)10-12/h7-10H,5-6,11H2,1-4H3,(H,19,20)(H,21,22). The van der Waals surface area contributed by atoms with E-state index in [-0.39, 0.29) is 12.5 Å². The molecule has 0 aliphatic rings. The van der Waals surface area contributed by atoms with Crippen molar-refractivity contribution in [3.8, 4) is 0 Å². The molecule has 0 spiro atoms. The third-order valence-electron chi connectivity index (χ3n) is 4.51. The number of rotatable bonds is 7. The van der Waals surface area contributed by atoms with Gasteiger partial charge >= 0.3 is 5.97 Å². The van der Waals surface area contributed by atoms with Gasteiger partial charge in [-0.2, -0.15) is 0 Å². The molecule has 22 heavy (non-hydrogen) atoms. The summed E-state index contributed by atoms with van der Waals surface area (Å²) >= 11 is 5.98. The molecule has 4 nitrogen and oxygen atoms in total. The smallest absolute Gasteiger partial charge is 0.311 e. The minimum atomic E-state index is -0.917. The molecule has 5 heteroatoms. The first kappa shape index (κ1) is 18.5. The van der Waals surface area contributed by atoms with Crippen LogP contribution in [0.2, 0.25) is 5.02 Å². The van der Waals surface area contributed by atoms with Crippen molar-refractivity contribution in [1.82, 2.24) is 5.32 Å². The van der Waals surface area contributed by atoms with Crippen molar-refractivity contribution in [3.63, 3.8) is 0 Å². The Morgan fingerprint density at radius 1 is 1.23 bits per heavy atom. The third kappa shape index (κ3) is 3.80. The summed E-state index contributed by atoms with van der Waals surface area (Å²) in [7, 11) is 0. The van der Waals surface area contributed by atoms with Crippen LogP contribution in [0.5, 0.6) is 0 Å². The van der Waals surface area contributed by atoms with Gasteiger partial charge in [0.25, 0.3) is 0 Å². The predicted octanol–water partition coefficient (Wildman–Crippen LogP) is 3.62. The Balaban J connectivity index is 2.90. The molecular formula is C17H24ClNO3. The molecule has 0 aromatic heterocycles. The Morgan fingerprint density at radius 2 is 1.82 bits per heavy atom. The Labute approximate surface area is 136 Å². The van der Waals surface area contributed by atoms with Crippen molar-refractivity contribution >= 4 is 23.5 Å². The molecule has 0 aliphatic carbocycles. The van der Waals surface area contributed by atoms with E-state index in [1.165, 1.54) is 0 Å². The van der Waals surface area contributed by atoms with Gasteiger partial charge < -0.3 is 10.4 Å². The largest absolute Gasteiger partial charge is 0.481 e. The van der Waals surface area contributed by atoms with Crippen LogP contribution in [0.4, 0.5) is 0 Å². The molecular weight excluding hydrogens is 302 g/mol. The zero-order valence-corrected chi connectivity index (χ0v) is 14.3. The van der Waals surface area contributed by atoms with Crippen LogP contribution in [-0.4, -0.2) is 23.5 Å². The van der Waals surface area contributed by atoms with Gasteiger partial charge in [-0.15, -0.1) is 0 Å². The molecule has 1 amide bonds. The van der Waals surface area contributed by atoms with Crippen molar-refractivity contribution < 1.29 is 14.7 Å². The van der Waals surface area contributed by atoms with E-state index in [4.69, 9.17) is 11.6 Å². The summed E-state index contributed by atoms with van der Waals surface area (Å²) in [6.07, 6.45) is 0.938. The van der Waals surface area contributed by atoms with E-state index in [1.807, 2.05) is 19.9 Å². The summed E-state index contributed by atoms with van der Waals surface area (Å²) in [6.45, 7) is 7.37. The molecule has 0 fully saturated rings. The highest BCUT2D eigenvalue weighted by molar-refractivity contribution is 6.30. The van der Waals surface area contributed by atoms with Crippen molar-refractivity contribution in [2.24, 2.45) is 5.41 Å². The summed E-state index contributed by atoms with van der Waals surface area (Å²) in [5.41, 5.74) is -0.900. The van der Waals surface area contributed by atoms with Gasteiger partial charge in [-0.1, -0.05) is 37.6 Å². The first-order valence-electron chi connectivity index (χ1n) is 7.47. The number of nitrogens with one attached hydrogen (secondary N) is 1. The third-order valence-corrected chi connectivity index (χ3v) is 4.74. The average Bonchev–Trinajstić information content (AvgIpc) is 2.48. The van der Waals surface area contributed by atoms with E-state index in [2.05, 4.69) is 5.32 Å². The van der Waals surface area contributed by atoms with Crippen LogP contribution in [0.25, 0.3) is 0 Å². The Hall–Kier alpha value is -1.55. The molecule has 0 heterocycles. The first-order valence-corrected chi connectivity index (χ1v) is 7.85. The molecule has 1 rings (SSSR count). The monoisotopic (exact) mass is 325 g/mol. The van der Waals surface area contributed by atoms with Gasteiger partial charge in [0.2, 0.25) is 5.91 Å². The van der Waals surface area contributed by atoms with E-state index < -0.39 is 16.8 Å². The molecule has 0 saturated carbocycles. The Kier molecular flexibility index (Phi) is 6.00. The molecule has 1 aromatic rings. The van der Waals surface area contributed by atoms with Crippen LogP contribution in [-0.2, 0) is 15.0 Å². The van der Waals surface area contributed by atoms with Gasteiger partial charge in [-0.25, -0.2) is 0 Å². The minimum absolute atomic E-state index is 0.123. The fraction of sp³-hybridized carbons (Fsp3) is 0.529. The van der Waals surface area contributed by atoms with Gasteiger partial charge in [-0.3, -0.25) is 9.59 Å². The highest BCUT2D eigenvalue weighted by Gasteiger charge is 2.37. The molecule has 0 bridgehead atoms. The van der Waals surface area contributed by atoms with E-state index in [0.29, 0.717) is 17.9 Å². The summed E-state index contributed by atoms with van der Waals surface area (Å²) in [4.78, 5) is 24.0. The number of carboxylic acid groups (broad SMARTS) is 1. The number of halogens is 1. The van der Waals surface area contributed by atoms with Crippen molar-refractivity contribution in [2.75, 3.05) is 6.54 Å². The number of aliphatic carboxylic acids is 1. The van der Waals surface area contributed by atoms with Crippen molar-refractivity contribution in [1.29, 1.82) is 0 Å². The first-order chi connectivity index (χ1) is 10.2. The average molecular weight is 326 g/mol. The van der Waals surface area contributed by atoms with Crippen LogP contribution in [0.3, 0.4) is 0 Å². The fourth-order valence-corrected chi connectivity index (χ4v) is 2.55. The zero-order chi connectivity index (χ0) is 17.0. The van der Waals surface area contributed by atoms with Crippen molar-refractivity contribution in [3.05, 3.63) is 34.9 Å². The zero-order valence-electron chi connectivity index (χ0n) is 13.6. The van der Waals surface area contributed by atoms with Gasteiger partial charge in [0, 0.05) is 11.6 Å². The second kappa shape index (κ2) is 7.14. The number of benzene rings is 1. The molecule has 0 unspecified atom stereocenters. The van der Waals surface area contributed by atoms with Crippen LogP contribution >= 0.6 is 11.6 Å². The maximum Gasteiger partial charge on any atom is 0.311 e. The Bertz CT molecular complexity index is 551. The van der Waals surface area contributed by atoms with Crippen molar-refractivity contribution in [2.45, 2.75) is 46.0 Å². The van der Waals surface area contributed by atoms with E-state index in [1.54, 1.807) is 32.0 Å². The Morgan fingerprint density at radius 3 is 2.27 bits per heavy atom. The molecule has 0 aliphatic heterocycles. The number of hydrogen-bond donors (Lipinski definition) is 2. The lowest BCUT2D eigenvalue weighted by Gasteiger charge is -2.30. The van der Waals surface area contributed by atoms with E-state index in [0.717, 1.165) is 5.56 Å². The maximum absolute atomic E-state index is 12.5. The van der Waals surface area contributed by atoms with Crippen LogP contribution in [0.1, 0.15) is 46.1 Å². The SMILES string of the molecule is CCC(CC)(CNC(=O)C(C)(C)c1cccc(Cl)c1)C(=O)O. The lowest BCUT2D eigenvalue weighted by Crippen LogP contribution is -2.47. The topological polar surface area (TPSA) is 66.4 Å². The number of carbonyl (C=O) groups is 2. The molecule has 0 atom stereocenters. The summed E-state index contributed by atoms with van der Waals surface area (Å²) in [5, 5.41) is 12.8. The number of amides is 1. The molecule has 2 N–H and O–H groups in total. The highest BCUT2D eigenvalue weighted by Crippen LogP contribution is 2.28. The number of carboxylic acids is 1. The van der Waals surface area contributed by atoms with Gasteiger partial charge in [0.1, 0.15) is 0 Å². The number of hydrogen-bond acceptors (Lipinski definition) is 2. The minimum Gasteiger partial charge on any atom is -0.481 e. The summed E-state index contributed by atoms with van der Waals surface area (Å²) in [5.74, 6) is -1.08. The van der Waals surface area contributed by atoms with Crippen LogP contribution in [0, 0.1) is 5.41 Å². The molecule has 1 aromatic carbocycles. The van der Waals surface area contributed by atoms with Gasteiger partial charge in [-0.05, 0) is 44.4 Å². The van der Waals surface area contributed by atoms with Gasteiger partial charge in [0.05, 0.1) is 10.8 Å². The normalized spacial score (nSPS) is 12.0. The summed E-state index contributed by atoms with van der Waals surface area (Å²) in [6, 6.07) is 7.15. The van der Waals surface area contributed by atoms with Gasteiger partial charge in [0.15, 0.2) is 0 Å². The van der Waals surface area contributed by atoms with Crippen LogP contribution in [0.15, 0.2) is 24.3 Å². The number of carbonyl (C=O) groups excluding carboxylic acids is 1. The second-order valence-corrected chi connectivity index (χ2v) is 6.55. The van der Waals surface area contributed by atoms with E-state index in [9.17, 15) is 14.7 Å². The second-order valence-electron chi connectivity index (χ2n) is 6.11. The highest BCUT2D eigenvalue weighted by atomic mass is 35.5. The fourth-order valence-electron chi connectivity index (χ4n) is 2.36. The van der Waals surface area contributed by atoms with E-state index >= 15 is 0 Å². The summed E-state index contributed by atoms with van der Waals surface area (Å²) < 4.78 is 0. The quantitative estimate of drug-likeness (QED) is 0.804. The molecule has 0 saturated heterocycles. The van der Waals surface area contributed by atoms with Crippen LogP contribution < -0.4 is 5.32 Å². The lowest BCUT2D eigenvalue weighted by molar-refractivity contribution is -0.149. The molecule has 0 radical (unpaired) electrons.